The predicted molar refractivity (Wildman–Crippen MR) is 81.4 cm³/mol. The molecule has 1 N–H and O–H groups in total. The van der Waals surface area contributed by atoms with Crippen LogP contribution in [0, 0.1) is 0 Å². The summed E-state index contributed by atoms with van der Waals surface area (Å²) in [7, 11) is 2.13. The fraction of sp³-hybridized carbons (Fsp3) is 0.615. The van der Waals surface area contributed by atoms with Crippen molar-refractivity contribution in [2.24, 2.45) is 0 Å². The van der Waals surface area contributed by atoms with Crippen molar-refractivity contribution >= 4 is 33.2 Å². The van der Waals surface area contributed by atoms with Crippen LogP contribution in [0.15, 0.2) is 15.9 Å². The second-order valence-corrected chi connectivity index (χ2v) is 7.10. The third-order valence-electron chi connectivity index (χ3n) is 2.90. The van der Waals surface area contributed by atoms with Gasteiger partial charge in [-0.05, 0) is 68.3 Å². The number of nitrogens with one attached hydrogen (secondary N) is 1. The van der Waals surface area contributed by atoms with Gasteiger partial charge >= 0.3 is 0 Å². The van der Waals surface area contributed by atoms with Crippen molar-refractivity contribution in [2.75, 3.05) is 20.1 Å². The molecule has 5 heteroatoms. The van der Waals surface area contributed by atoms with Crippen molar-refractivity contribution in [3.05, 3.63) is 20.8 Å². The highest BCUT2D eigenvalue weighted by atomic mass is 79.9. The number of amides is 1. The summed E-state index contributed by atoms with van der Waals surface area (Å²) in [5.41, 5.74) is 0. The minimum atomic E-state index is 0.0305. The fourth-order valence-electron chi connectivity index (χ4n) is 1.47. The molecule has 0 aliphatic carbocycles. The number of rotatable bonds is 7. The van der Waals surface area contributed by atoms with Crippen molar-refractivity contribution in [2.45, 2.75) is 32.7 Å². The van der Waals surface area contributed by atoms with Crippen molar-refractivity contribution in [1.82, 2.24) is 10.2 Å². The van der Waals surface area contributed by atoms with Crippen LogP contribution >= 0.6 is 27.3 Å². The Morgan fingerprint density at radius 3 is 2.72 bits per heavy atom. The molecule has 0 aliphatic rings. The topological polar surface area (TPSA) is 32.3 Å². The van der Waals surface area contributed by atoms with Crippen LogP contribution in [0.5, 0.6) is 0 Å². The van der Waals surface area contributed by atoms with E-state index in [1.807, 2.05) is 12.1 Å². The molecule has 18 heavy (non-hydrogen) atoms. The molecule has 0 saturated heterocycles. The molecule has 0 spiro atoms. The first-order valence-electron chi connectivity index (χ1n) is 6.24. The monoisotopic (exact) mass is 332 g/mol. The minimum absolute atomic E-state index is 0.0305. The lowest BCUT2D eigenvalue weighted by Gasteiger charge is -2.20. The van der Waals surface area contributed by atoms with Gasteiger partial charge in [-0.15, -0.1) is 11.3 Å². The average Bonchev–Trinajstić information content (AvgIpc) is 2.74. The minimum Gasteiger partial charge on any atom is -0.351 e. The highest BCUT2D eigenvalue weighted by Gasteiger charge is 2.07. The summed E-state index contributed by atoms with van der Waals surface area (Å²) >= 11 is 4.82. The normalized spacial score (nSPS) is 11.2. The number of hydrogen-bond donors (Lipinski definition) is 1. The zero-order valence-corrected chi connectivity index (χ0v) is 13.6. The van der Waals surface area contributed by atoms with Crippen molar-refractivity contribution in [3.63, 3.8) is 0 Å². The SMILES string of the molecule is CC(C)N(C)CCCCNC(=O)c1ccc(Br)s1. The Labute approximate surface area is 122 Å². The molecule has 1 rings (SSSR count). The lowest BCUT2D eigenvalue weighted by atomic mass is 10.2. The van der Waals surface area contributed by atoms with Crippen LogP contribution in [0.25, 0.3) is 0 Å². The molecule has 0 aliphatic heterocycles. The van der Waals surface area contributed by atoms with Gasteiger partial charge in [0.05, 0.1) is 8.66 Å². The Morgan fingerprint density at radius 1 is 1.44 bits per heavy atom. The van der Waals surface area contributed by atoms with E-state index in [1.54, 1.807) is 0 Å². The second-order valence-electron chi connectivity index (χ2n) is 4.64. The van der Waals surface area contributed by atoms with Gasteiger partial charge in [-0.3, -0.25) is 4.79 Å². The predicted octanol–water partition coefficient (Wildman–Crippen LogP) is 3.36. The van der Waals surface area contributed by atoms with Crippen LogP contribution in [-0.2, 0) is 0 Å². The van der Waals surface area contributed by atoms with E-state index in [2.05, 4.69) is 47.0 Å². The molecule has 1 aromatic rings. The Hall–Kier alpha value is -0.390. The maximum Gasteiger partial charge on any atom is 0.261 e. The molecular formula is C13H21BrN2OS. The lowest BCUT2D eigenvalue weighted by Crippen LogP contribution is -2.28. The van der Waals surface area contributed by atoms with E-state index in [4.69, 9.17) is 0 Å². The second kappa shape index (κ2) is 7.92. The molecular weight excluding hydrogens is 312 g/mol. The smallest absolute Gasteiger partial charge is 0.261 e. The number of halogens is 1. The number of unbranched alkanes of at least 4 members (excludes halogenated alkanes) is 1. The van der Waals surface area contributed by atoms with Gasteiger partial charge in [-0.1, -0.05) is 0 Å². The van der Waals surface area contributed by atoms with Gasteiger partial charge in [0.25, 0.3) is 5.91 Å². The zero-order valence-electron chi connectivity index (χ0n) is 11.2. The molecule has 0 fully saturated rings. The van der Waals surface area contributed by atoms with Crippen LogP contribution in [-0.4, -0.2) is 37.0 Å². The number of carbonyl (C=O) groups is 1. The molecule has 3 nitrogen and oxygen atoms in total. The van der Waals surface area contributed by atoms with Crippen LogP contribution < -0.4 is 5.32 Å². The molecule has 1 amide bonds. The number of carbonyl (C=O) groups excluding carboxylic acids is 1. The summed E-state index contributed by atoms with van der Waals surface area (Å²) in [5, 5.41) is 2.95. The first kappa shape index (κ1) is 15.7. The first-order valence-corrected chi connectivity index (χ1v) is 7.85. The Balaban J connectivity index is 2.13. The molecule has 0 radical (unpaired) electrons. The first-order chi connectivity index (χ1) is 8.50. The third-order valence-corrected chi connectivity index (χ3v) is 4.52. The van der Waals surface area contributed by atoms with Gasteiger partial charge in [0, 0.05) is 12.6 Å². The van der Waals surface area contributed by atoms with Crippen molar-refractivity contribution in [1.29, 1.82) is 0 Å². The molecule has 0 bridgehead atoms. The Kier molecular flexibility index (Phi) is 6.89. The van der Waals surface area contributed by atoms with Gasteiger partial charge in [-0.25, -0.2) is 0 Å². The van der Waals surface area contributed by atoms with Gasteiger partial charge < -0.3 is 10.2 Å². The molecule has 1 aromatic heterocycles. The van der Waals surface area contributed by atoms with Crippen LogP contribution in [0.4, 0.5) is 0 Å². The molecule has 0 atom stereocenters. The van der Waals surface area contributed by atoms with E-state index in [-0.39, 0.29) is 5.91 Å². The molecule has 0 saturated carbocycles. The number of nitrogens with zero attached hydrogens (tertiary/aromatic N) is 1. The van der Waals surface area contributed by atoms with Gasteiger partial charge in [0.1, 0.15) is 0 Å². The molecule has 1 heterocycles. The standard InChI is InChI=1S/C13H21BrN2OS/c1-10(2)16(3)9-5-4-8-15-13(17)11-6-7-12(14)18-11/h6-7,10H,4-5,8-9H2,1-3H3,(H,15,17). The van der Waals surface area contributed by atoms with Crippen LogP contribution in [0.2, 0.25) is 0 Å². The maximum atomic E-state index is 11.7. The fourth-order valence-corrected chi connectivity index (χ4v) is 2.77. The summed E-state index contributed by atoms with van der Waals surface area (Å²) in [6, 6.07) is 4.33. The van der Waals surface area contributed by atoms with E-state index in [0.717, 1.165) is 34.6 Å². The zero-order chi connectivity index (χ0) is 13.5. The lowest BCUT2D eigenvalue weighted by molar-refractivity contribution is 0.0956. The van der Waals surface area contributed by atoms with E-state index in [0.29, 0.717) is 6.04 Å². The van der Waals surface area contributed by atoms with E-state index < -0.39 is 0 Å². The largest absolute Gasteiger partial charge is 0.351 e. The Bertz CT molecular complexity index is 379. The van der Waals surface area contributed by atoms with Crippen molar-refractivity contribution in [3.8, 4) is 0 Å². The summed E-state index contributed by atoms with van der Waals surface area (Å²) in [6.45, 7) is 6.21. The summed E-state index contributed by atoms with van der Waals surface area (Å²) in [4.78, 5) is 14.8. The molecule has 0 unspecified atom stereocenters. The highest BCUT2D eigenvalue weighted by molar-refractivity contribution is 9.11. The van der Waals surface area contributed by atoms with E-state index >= 15 is 0 Å². The summed E-state index contributed by atoms with van der Waals surface area (Å²) in [6.07, 6.45) is 2.14. The van der Waals surface area contributed by atoms with Gasteiger partial charge in [0.15, 0.2) is 0 Å². The van der Waals surface area contributed by atoms with Gasteiger partial charge in [0.2, 0.25) is 0 Å². The highest BCUT2D eigenvalue weighted by Crippen LogP contribution is 2.21. The van der Waals surface area contributed by atoms with Crippen LogP contribution in [0.1, 0.15) is 36.4 Å². The quantitative estimate of drug-likeness (QED) is 0.776. The molecule has 0 aromatic carbocycles. The number of hydrogen-bond acceptors (Lipinski definition) is 3. The summed E-state index contributed by atoms with van der Waals surface area (Å²) in [5.74, 6) is 0.0305. The average molecular weight is 333 g/mol. The van der Waals surface area contributed by atoms with Crippen LogP contribution in [0.3, 0.4) is 0 Å². The number of thiophene rings is 1. The molecule has 102 valence electrons. The van der Waals surface area contributed by atoms with Crippen molar-refractivity contribution < 1.29 is 4.79 Å². The third kappa shape index (κ3) is 5.50. The maximum absolute atomic E-state index is 11.7. The van der Waals surface area contributed by atoms with Gasteiger partial charge in [-0.2, -0.15) is 0 Å². The summed E-state index contributed by atoms with van der Waals surface area (Å²) < 4.78 is 0.992. The Morgan fingerprint density at radius 2 is 2.17 bits per heavy atom. The van der Waals surface area contributed by atoms with E-state index in [9.17, 15) is 4.79 Å². The van der Waals surface area contributed by atoms with E-state index in [1.165, 1.54) is 11.3 Å².